The Morgan fingerprint density at radius 2 is 1.79 bits per heavy atom. The number of aliphatic hydroxyl groups excluding tert-OH is 1. The number of aromatic nitrogens is 1. The summed E-state index contributed by atoms with van der Waals surface area (Å²) in [6.07, 6.45) is 3.21. The molecule has 1 N–H and O–H groups in total. The van der Waals surface area contributed by atoms with Crippen molar-refractivity contribution in [3.63, 3.8) is 0 Å². The van der Waals surface area contributed by atoms with Crippen molar-refractivity contribution >= 4 is 17.4 Å². The fraction of sp³-hybridized carbons (Fsp3) is 0.192. The van der Waals surface area contributed by atoms with Crippen LogP contribution in [0.1, 0.15) is 35.2 Å². The van der Waals surface area contributed by atoms with E-state index in [0.29, 0.717) is 23.5 Å². The van der Waals surface area contributed by atoms with Crippen LogP contribution in [-0.2, 0) is 16.1 Å². The molecule has 3 aromatic rings. The van der Waals surface area contributed by atoms with Gasteiger partial charge in [0.1, 0.15) is 17.3 Å². The topological polar surface area (TPSA) is 79.7 Å². The maximum Gasteiger partial charge on any atom is 0.295 e. The number of aryl methyl sites for hydroxylation is 1. The smallest absolute Gasteiger partial charge is 0.295 e. The molecule has 6 nitrogen and oxygen atoms in total. The number of hydrogen-bond donors (Lipinski definition) is 1. The standard InChI is InChI=1S/C26H23FN2O4/c1-3-33-20-8-6-18(7-9-20)23-22(24(30)19-5-4-16(2)21(27)14-19)25(31)26(32)29(23)15-17-10-12-28-13-11-17/h4-14,23,30H,3,15H2,1-2H3/t23-/m1/s1. The van der Waals surface area contributed by atoms with E-state index < -0.39 is 29.3 Å². The zero-order chi connectivity index (χ0) is 23.5. The van der Waals surface area contributed by atoms with Gasteiger partial charge in [0.15, 0.2) is 0 Å². The molecule has 168 valence electrons. The number of likely N-dealkylation sites (tertiary alicyclic amines) is 1. The minimum Gasteiger partial charge on any atom is -0.507 e. The van der Waals surface area contributed by atoms with Gasteiger partial charge in [0, 0.05) is 24.5 Å². The van der Waals surface area contributed by atoms with Crippen LogP contribution in [0.4, 0.5) is 4.39 Å². The van der Waals surface area contributed by atoms with Crippen molar-refractivity contribution in [2.45, 2.75) is 26.4 Å². The quantitative estimate of drug-likeness (QED) is 0.341. The Hall–Kier alpha value is -4.00. The average Bonchev–Trinajstić information content (AvgIpc) is 3.07. The fourth-order valence-electron chi connectivity index (χ4n) is 3.88. The number of Topliss-reactive ketones (excluding diaryl/α,β-unsaturated/α-hetero) is 1. The fourth-order valence-corrected chi connectivity index (χ4v) is 3.88. The number of benzene rings is 2. The number of ether oxygens (including phenoxy) is 1. The van der Waals surface area contributed by atoms with Crippen molar-refractivity contribution in [2.75, 3.05) is 6.61 Å². The molecule has 1 amide bonds. The molecule has 0 bridgehead atoms. The summed E-state index contributed by atoms with van der Waals surface area (Å²) in [5, 5.41) is 11.1. The van der Waals surface area contributed by atoms with E-state index in [9.17, 15) is 19.1 Å². The van der Waals surface area contributed by atoms with E-state index >= 15 is 0 Å². The summed E-state index contributed by atoms with van der Waals surface area (Å²) >= 11 is 0. The molecule has 1 atom stereocenters. The second-order valence-corrected chi connectivity index (χ2v) is 7.75. The number of hydrogen-bond acceptors (Lipinski definition) is 5. The van der Waals surface area contributed by atoms with Gasteiger partial charge < -0.3 is 14.7 Å². The number of nitrogens with zero attached hydrogens (tertiary/aromatic N) is 2. The molecule has 2 aromatic carbocycles. The molecule has 0 radical (unpaired) electrons. The molecule has 0 aliphatic carbocycles. The van der Waals surface area contributed by atoms with Crippen LogP contribution in [0.25, 0.3) is 5.76 Å². The predicted molar refractivity (Wildman–Crippen MR) is 121 cm³/mol. The summed E-state index contributed by atoms with van der Waals surface area (Å²) in [5.74, 6) is -1.83. The number of halogens is 1. The Balaban J connectivity index is 1.84. The van der Waals surface area contributed by atoms with Crippen LogP contribution in [0.5, 0.6) is 5.75 Å². The van der Waals surface area contributed by atoms with Gasteiger partial charge in [0.2, 0.25) is 0 Å². The zero-order valence-corrected chi connectivity index (χ0v) is 18.3. The lowest BCUT2D eigenvalue weighted by Crippen LogP contribution is -2.29. The number of carbonyl (C=O) groups is 2. The van der Waals surface area contributed by atoms with Crippen LogP contribution in [0.3, 0.4) is 0 Å². The maximum atomic E-state index is 14.2. The number of aliphatic hydroxyl groups is 1. The Labute approximate surface area is 191 Å². The van der Waals surface area contributed by atoms with E-state index in [1.807, 2.05) is 6.92 Å². The highest BCUT2D eigenvalue weighted by Crippen LogP contribution is 2.40. The lowest BCUT2D eigenvalue weighted by atomic mass is 9.94. The normalized spacial score (nSPS) is 17.4. The van der Waals surface area contributed by atoms with Crippen molar-refractivity contribution in [1.82, 2.24) is 9.88 Å². The first-order chi connectivity index (χ1) is 15.9. The summed E-state index contributed by atoms with van der Waals surface area (Å²) in [5.41, 5.74) is 1.87. The highest BCUT2D eigenvalue weighted by molar-refractivity contribution is 6.46. The Kier molecular flexibility index (Phi) is 6.22. The van der Waals surface area contributed by atoms with Crippen molar-refractivity contribution < 1.29 is 23.8 Å². The molecule has 1 aliphatic heterocycles. The van der Waals surface area contributed by atoms with Crippen LogP contribution in [-0.4, -0.2) is 33.3 Å². The molecule has 7 heteroatoms. The Morgan fingerprint density at radius 3 is 2.42 bits per heavy atom. The molecular weight excluding hydrogens is 423 g/mol. The van der Waals surface area contributed by atoms with E-state index in [2.05, 4.69) is 4.98 Å². The Bertz CT molecular complexity index is 1220. The predicted octanol–water partition coefficient (Wildman–Crippen LogP) is 4.55. The number of rotatable bonds is 6. The molecule has 1 saturated heterocycles. The molecule has 0 spiro atoms. The third kappa shape index (κ3) is 4.35. The first kappa shape index (κ1) is 22.2. The monoisotopic (exact) mass is 446 g/mol. The number of carbonyl (C=O) groups excluding carboxylic acids is 2. The van der Waals surface area contributed by atoms with Gasteiger partial charge in [-0.1, -0.05) is 24.3 Å². The first-order valence-corrected chi connectivity index (χ1v) is 10.6. The van der Waals surface area contributed by atoms with Gasteiger partial charge in [-0.3, -0.25) is 14.6 Å². The minimum atomic E-state index is -0.849. The zero-order valence-electron chi connectivity index (χ0n) is 18.3. The van der Waals surface area contributed by atoms with E-state index in [0.717, 1.165) is 11.6 Å². The third-order valence-corrected chi connectivity index (χ3v) is 5.59. The van der Waals surface area contributed by atoms with Gasteiger partial charge in [-0.2, -0.15) is 0 Å². The largest absolute Gasteiger partial charge is 0.507 e. The van der Waals surface area contributed by atoms with Crippen LogP contribution in [0.2, 0.25) is 0 Å². The second kappa shape index (κ2) is 9.24. The lowest BCUT2D eigenvalue weighted by Gasteiger charge is -2.25. The minimum absolute atomic E-state index is 0.0820. The summed E-state index contributed by atoms with van der Waals surface area (Å²) in [6, 6.07) is 13.9. The second-order valence-electron chi connectivity index (χ2n) is 7.75. The molecular formula is C26H23FN2O4. The first-order valence-electron chi connectivity index (χ1n) is 10.6. The van der Waals surface area contributed by atoms with Gasteiger partial charge in [-0.05, 0) is 60.9 Å². The number of amides is 1. The Morgan fingerprint density at radius 1 is 1.09 bits per heavy atom. The molecule has 1 fully saturated rings. The van der Waals surface area contributed by atoms with Crippen LogP contribution >= 0.6 is 0 Å². The van der Waals surface area contributed by atoms with Crippen molar-refractivity contribution in [1.29, 1.82) is 0 Å². The lowest BCUT2D eigenvalue weighted by molar-refractivity contribution is -0.140. The van der Waals surface area contributed by atoms with Crippen LogP contribution in [0, 0.1) is 12.7 Å². The SMILES string of the molecule is CCOc1ccc([C@@H]2C(=C(O)c3ccc(C)c(F)c3)C(=O)C(=O)N2Cc2ccncc2)cc1. The molecule has 2 heterocycles. The average molecular weight is 446 g/mol. The van der Waals surface area contributed by atoms with Crippen molar-refractivity contribution in [3.05, 3.63) is 101 Å². The van der Waals surface area contributed by atoms with Gasteiger partial charge in [-0.15, -0.1) is 0 Å². The van der Waals surface area contributed by atoms with E-state index in [1.165, 1.54) is 17.0 Å². The van der Waals surface area contributed by atoms with Crippen LogP contribution < -0.4 is 4.74 Å². The van der Waals surface area contributed by atoms with E-state index in [4.69, 9.17) is 4.74 Å². The number of ketones is 1. The molecule has 33 heavy (non-hydrogen) atoms. The number of pyridine rings is 1. The summed E-state index contributed by atoms with van der Waals surface area (Å²) in [7, 11) is 0. The summed E-state index contributed by atoms with van der Waals surface area (Å²) in [6.45, 7) is 4.12. The maximum absolute atomic E-state index is 14.2. The van der Waals surface area contributed by atoms with Crippen LogP contribution in [0.15, 0.2) is 72.6 Å². The molecule has 0 saturated carbocycles. The van der Waals surface area contributed by atoms with Crippen molar-refractivity contribution in [2.24, 2.45) is 0 Å². The van der Waals surface area contributed by atoms with Crippen molar-refractivity contribution in [3.8, 4) is 5.75 Å². The molecule has 0 unspecified atom stereocenters. The summed E-state index contributed by atoms with van der Waals surface area (Å²) < 4.78 is 19.7. The highest BCUT2D eigenvalue weighted by Gasteiger charge is 2.46. The molecule has 1 aromatic heterocycles. The summed E-state index contributed by atoms with van der Waals surface area (Å²) in [4.78, 5) is 31.5. The van der Waals surface area contributed by atoms with E-state index in [1.54, 1.807) is 55.7 Å². The van der Waals surface area contributed by atoms with Gasteiger partial charge in [-0.25, -0.2) is 4.39 Å². The molecule has 1 aliphatic rings. The van der Waals surface area contributed by atoms with Gasteiger partial charge >= 0.3 is 0 Å². The van der Waals surface area contributed by atoms with Gasteiger partial charge in [0.25, 0.3) is 11.7 Å². The third-order valence-electron chi connectivity index (χ3n) is 5.59. The van der Waals surface area contributed by atoms with E-state index in [-0.39, 0.29) is 17.7 Å². The highest BCUT2D eigenvalue weighted by atomic mass is 19.1. The van der Waals surface area contributed by atoms with Gasteiger partial charge in [0.05, 0.1) is 18.2 Å². The molecule has 4 rings (SSSR count).